The molecule has 0 saturated carbocycles. The maximum atomic E-state index is 12.8. The standard InChI is InChI=1S/C21H20BrN3O/c22-19-15-24-25(16-19)13-7-12-23-21(26)20(18-10-5-2-6-11-18)14-17-8-3-1-4-9-17/h1-6,8-11,14-16H,7,12-13H2,(H,23,26)/b20-14-. The van der Waals surface area contributed by atoms with Gasteiger partial charge in [0.1, 0.15) is 0 Å². The Labute approximate surface area is 161 Å². The number of nitrogens with zero attached hydrogens (tertiary/aromatic N) is 2. The third-order valence-electron chi connectivity index (χ3n) is 3.89. The Hall–Kier alpha value is -2.66. The van der Waals surface area contributed by atoms with Gasteiger partial charge >= 0.3 is 0 Å². The molecule has 132 valence electrons. The zero-order chi connectivity index (χ0) is 18.2. The second-order valence-electron chi connectivity index (χ2n) is 5.87. The van der Waals surface area contributed by atoms with E-state index in [1.807, 2.05) is 77.6 Å². The first-order chi connectivity index (χ1) is 12.7. The van der Waals surface area contributed by atoms with Gasteiger partial charge in [0.15, 0.2) is 0 Å². The van der Waals surface area contributed by atoms with Gasteiger partial charge in [0.25, 0.3) is 5.91 Å². The van der Waals surface area contributed by atoms with E-state index < -0.39 is 0 Å². The average molecular weight is 410 g/mol. The van der Waals surface area contributed by atoms with Gasteiger partial charge in [-0.15, -0.1) is 0 Å². The molecule has 0 bridgehead atoms. The van der Waals surface area contributed by atoms with Crippen LogP contribution in [0.4, 0.5) is 0 Å². The molecule has 1 aromatic heterocycles. The van der Waals surface area contributed by atoms with Crippen molar-refractivity contribution < 1.29 is 4.79 Å². The largest absolute Gasteiger partial charge is 0.352 e. The molecule has 0 aliphatic carbocycles. The molecule has 0 atom stereocenters. The fourth-order valence-electron chi connectivity index (χ4n) is 2.61. The van der Waals surface area contributed by atoms with Gasteiger partial charge in [-0.05, 0) is 39.6 Å². The Bertz CT molecular complexity index is 873. The minimum Gasteiger partial charge on any atom is -0.352 e. The number of carbonyl (C=O) groups excluding carboxylic acids is 1. The zero-order valence-corrected chi connectivity index (χ0v) is 15.9. The summed E-state index contributed by atoms with van der Waals surface area (Å²) in [7, 11) is 0. The summed E-state index contributed by atoms with van der Waals surface area (Å²) in [5.74, 6) is -0.0679. The van der Waals surface area contributed by atoms with Crippen LogP contribution in [0.5, 0.6) is 0 Å². The second-order valence-corrected chi connectivity index (χ2v) is 6.78. The van der Waals surface area contributed by atoms with Gasteiger partial charge < -0.3 is 5.32 Å². The van der Waals surface area contributed by atoms with Crippen molar-refractivity contribution in [3.8, 4) is 0 Å². The van der Waals surface area contributed by atoms with Gasteiger partial charge in [-0.2, -0.15) is 5.10 Å². The smallest absolute Gasteiger partial charge is 0.251 e. The molecule has 1 amide bonds. The third kappa shape index (κ3) is 5.17. The number of benzene rings is 2. The number of rotatable bonds is 7. The molecule has 1 N–H and O–H groups in total. The van der Waals surface area contributed by atoms with Gasteiger partial charge in [-0.25, -0.2) is 0 Å². The molecule has 1 heterocycles. The molecule has 5 heteroatoms. The molecule has 0 aliphatic rings. The van der Waals surface area contributed by atoms with E-state index in [9.17, 15) is 4.79 Å². The number of carbonyl (C=O) groups is 1. The van der Waals surface area contributed by atoms with Crippen molar-refractivity contribution in [2.75, 3.05) is 6.54 Å². The van der Waals surface area contributed by atoms with E-state index >= 15 is 0 Å². The number of hydrogen-bond donors (Lipinski definition) is 1. The van der Waals surface area contributed by atoms with Crippen molar-refractivity contribution in [3.05, 3.63) is 88.7 Å². The third-order valence-corrected chi connectivity index (χ3v) is 4.30. The average Bonchev–Trinajstić information content (AvgIpc) is 3.10. The number of nitrogens with one attached hydrogen (secondary N) is 1. The minimum absolute atomic E-state index is 0.0679. The summed E-state index contributed by atoms with van der Waals surface area (Å²) < 4.78 is 2.81. The van der Waals surface area contributed by atoms with Crippen LogP contribution in [0.2, 0.25) is 0 Å². The topological polar surface area (TPSA) is 46.9 Å². The second kappa shape index (κ2) is 9.15. The van der Waals surface area contributed by atoms with E-state index in [0.29, 0.717) is 12.1 Å². The summed E-state index contributed by atoms with van der Waals surface area (Å²) in [6.07, 6.45) is 6.42. The first-order valence-corrected chi connectivity index (χ1v) is 9.30. The number of hydrogen-bond acceptors (Lipinski definition) is 2. The van der Waals surface area contributed by atoms with Crippen molar-refractivity contribution in [2.45, 2.75) is 13.0 Å². The van der Waals surface area contributed by atoms with E-state index in [4.69, 9.17) is 0 Å². The van der Waals surface area contributed by atoms with E-state index in [-0.39, 0.29) is 5.91 Å². The maximum Gasteiger partial charge on any atom is 0.251 e. The lowest BCUT2D eigenvalue weighted by Crippen LogP contribution is -2.26. The van der Waals surface area contributed by atoms with Crippen LogP contribution in [-0.4, -0.2) is 22.2 Å². The molecule has 0 saturated heterocycles. The minimum atomic E-state index is -0.0679. The van der Waals surface area contributed by atoms with Crippen LogP contribution in [-0.2, 0) is 11.3 Å². The summed E-state index contributed by atoms with van der Waals surface area (Å²) in [4.78, 5) is 12.8. The Morgan fingerprint density at radius 1 is 1.08 bits per heavy atom. The zero-order valence-electron chi connectivity index (χ0n) is 14.3. The molecule has 2 aromatic carbocycles. The van der Waals surface area contributed by atoms with E-state index in [0.717, 1.165) is 28.6 Å². The molecule has 0 aliphatic heterocycles. The Morgan fingerprint density at radius 2 is 1.77 bits per heavy atom. The molecule has 3 aromatic rings. The quantitative estimate of drug-likeness (QED) is 0.357. The first-order valence-electron chi connectivity index (χ1n) is 8.51. The fraction of sp³-hybridized carbons (Fsp3) is 0.143. The number of halogens is 1. The normalized spacial score (nSPS) is 11.3. The lowest BCUT2D eigenvalue weighted by molar-refractivity contribution is -0.115. The SMILES string of the molecule is O=C(NCCCn1cc(Br)cn1)/C(=C\c1ccccc1)c1ccccc1. The Kier molecular flexibility index (Phi) is 6.39. The van der Waals surface area contributed by atoms with Crippen molar-refractivity contribution in [1.29, 1.82) is 0 Å². The first kappa shape index (κ1) is 18.1. The van der Waals surface area contributed by atoms with Crippen molar-refractivity contribution in [1.82, 2.24) is 15.1 Å². The van der Waals surface area contributed by atoms with Crippen LogP contribution in [0, 0.1) is 0 Å². The molecule has 0 unspecified atom stereocenters. The van der Waals surface area contributed by atoms with Gasteiger partial charge in [0.2, 0.25) is 0 Å². The molecular formula is C21H20BrN3O. The Morgan fingerprint density at radius 3 is 2.42 bits per heavy atom. The molecule has 4 nitrogen and oxygen atoms in total. The van der Waals surface area contributed by atoms with E-state index in [2.05, 4.69) is 26.3 Å². The van der Waals surface area contributed by atoms with E-state index in [1.165, 1.54) is 0 Å². The predicted molar refractivity (Wildman–Crippen MR) is 108 cm³/mol. The van der Waals surface area contributed by atoms with Crippen LogP contribution in [0.25, 0.3) is 11.6 Å². The fourth-order valence-corrected chi connectivity index (χ4v) is 2.94. The summed E-state index contributed by atoms with van der Waals surface area (Å²) in [6, 6.07) is 19.6. The lowest BCUT2D eigenvalue weighted by Gasteiger charge is -2.10. The van der Waals surface area contributed by atoms with Gasteiger partial charge in [0.05, 0.1) is 10.7 Å². The number of aryl methyl sites for hydroxylation is 1. The van der Waals surface area contributed by atoms with Gasteiger partial charge in [0, 0.05) is 24.9 Å². The van der Waals surface area contributed by atoms with Crippen LogP contribution in [0.15, 0.2) is 77.5 Å². The summed E-state index contributed by atoms with van der Waals surface area (Å²) in [5, 5.41) is 7.24. The number of amides is 1. The molecule has 0 spiro atoms. The maximum absolute atomic E-state index is 12.8. The molecule has 0 fully saturated rings. The summed E-state index contributed by atoms with van der Waals surface area (Å²) in [6.45, 7) is 1.35. The lowest BCUT2D eigenvalue weighted by atomic mass is 10.0. The van der Waals surface area contributed by atoms with Crippen LogP contribution in [0.3, 0.4) is 0 Å². The monoisotopic (exact) mass is 409 g/mol. The molecule has 26 heavy (non-hydrogen) atoms. The highest BCUT2D eigenvalue weighted by Crippen LogP contribution is 2.18. The predicted octanol–water partition coefficient (Wildman–Crippen LogP) is 4.39. The van der Waals surface area contributed by atoms with E-state index in [1.54, 1.807) is 6.20 Å². The van der Waals surface area contributed by atoms with Crippen LogP contribution < -0.4 is 5.32 Å². The highest BCUT2D eigenvalue weighted by molar-refractivity contribution is 9.10. The summed E-state index contributed by atoms with van der Waals surface area (Å²) >= 11 is 3.38. The number of aromatic nitrogens is 2. The highest BCUT2D eigenvalue weighted by Gasteiger charge is 2.11. The molecular weight excluding hydrogens is 390 g/mol. The summed E-state index contributed by atoms with van der Waals surface area (Å²) in [5.41, 5.74) is 2.58. The van der Waals surface area contributed by atoms with Gasteiger partial charge in [-0.3, -0.25) is 9.48 Å². The molecule has 3 rings (SSSR count). The van der Waals surface area contributed by atoms with Crippen LogP contribution in [0.1, 0.15) is 17.5 Å². The Balaban J connectivity index is 1.66. The van der Waals surface area contributed by atoms with Crippen molar-refractivity contribution in [3.63, 3.8) is 0 Å². The van der Waals surface area contributed by atoms with Crippen molar-refractivity contribution in [2.24, 2.45) is 0 Å². The van der Waals surface area contributed by atoms with Gasteiger partial charge in [-0.1, -0.05) is 60.7 Å². The van der Waals surface area contributed by atoms with Crippen molar-refractivity contribution >= 4 is 33.5 Å². The highest BCUT2D eigenvalue weighted by atomic mass is 79.9. The van der Waals surface area contributed by atoms with Crippen LogP contribution >= 0.6 is 15.9 Å². The molecule has 0 radical (unpaired) electrons.